The molecule has 1 amide bonds. The first-order chi connectivity index (χ1) is 41.7. The van der Waals surface area contributed by atoms with E-state index in [4.69, 9.17) is 14.2 Å². The van der Waals surface area contributed by atoms with Gasteiger partial charge >= 0.3 is 5.97 Å². The summed E-state index contributed by atoms with van der Waals surface area (Å²) in [7, 11) is 0. The van der Waals surface area contributed by atoms with Gasteiger partial charge in [0.15, 0.2) is 12.4 Å². The lowest BCUT2D eigenvalue weighted by Gasteiger charge is -2.41. The topological polar surface area (TPSA) is 175 Å². The van der Waals surface area contributed by atoms with Crippen LogP contribution in [-0.4, -0.2) is 99.6 Å². The summed E-state index contributed by atoms with van der Waals surface area (Å²) in [5.41, 5.74) is 0. The van der Waals surface area contributed by atoms with Crippen LogP contribution in [0, 0.1) is 0 Å². The minimum atomic E-state index is -1.62. The number of carbonyl (C=O) groups is 2. The van der Waals surface area contributed by atoms with Gasteiger partial charge in [-0.1, -0.05) is 319 Å². The van der Waals surface area contributed by atoms with E-state index in [1.54, 1.807) is 6.08 Å². The lowest BCUT2D eigenvalue weighted by atomic mass is 9.99. The maximum atomic E-state index is 13.5. The van der Waals surface area contributed by atoms with E-state index < -0.39 is 67.4 Å². The summed E-state index contributed by atoms with van der Waals surface area (Å²) in [6, 6.07) is -1.04. The summed E-state index contributed by atoms with van der Waals surface area (Å²) >= 11 is 0. The number of aliphatic hydroxyl groups excluding tert-OH is 5. The molecule has 1 aliphatic heterocycles. The Balaban J connectivity index is 2.59. The Morgan fingerprint density at radius 1 is 0.459 bits per heavy atom. The predicted octanol–water partition coefficient (Wildman–Crippen LogP) is 18.5. The van der Waals surface area contributed by atoms with Crippen molar-refractivity contribution in [2.75, 3.05) is 13.2 Å². The highest BCUT2D eigenvalue weighted by Crippen LogP contribution is 2.26. The summed E-state index contributed by atoms with van der Waals surface area (Å²) < 4.78 is 17.7. The van der Waals surface area contributed by atoms with Crippen molar-refractivity contribution < 1.29 is 49.3 Å². The standard InChI is InChI=1S/C74H135NO10/c1-4-7-10-13-16-19-22-25-27-29-31-32-33-34-35-36-37-39-41-44-47-50-53-56-59-62-69(79)85-72-71(81)70(80)68(63-76)84-74(72)83-64-65(66(77)60-57-54-51-48-45-42-24-21-18-15-12-9-6-3)75-73(82)67(78)61-58-55-52-49-46-43-40-38-30-28-26-23-20-17-14-11-8-5-2/h17,20,26,28,38,40,46,49,57,60,65-68,70-72,74,76-78,80-81H,4-16,18-19,21-25,27,29-37,39,41-45,47-48,50-56,58-59,61-64H2,1-3H3,(H,75,82)/b20-17-,28-26-,40-38-,49-46-,60-57+. The number of unbranched alkanes of at least 4 members (excludes halogenated alkanes) is 40. The maximum absolute atomic E-state index is 13.5. The molecule has 6 N–H and O–H groups in total. The zero-order valence-electron chi connectivity index (χ0n) is 55.2. The summed E-state index contributed by atoms with van der Waals surface area (Å²) in [4.78, 5) is 26.7. The van der Waals surface area contributed by atoms with E-state index in [1.807, 2.05) is 6.08 Å². The summed E-state index contributed by atoms with van der Waals surface area (Å²) in [5.74, 6) is -1.22. The van der Waals surface area contributed by atoms with Crippen LogP contribution in [0.5, 0.6) is 0 Å². The molecule has 0 spiro atoms. The minimum Gasteiger partial charge on any atom is -0.454 e. The molecule has 85 heavy (non-hydrogen) atoms. The van der Waals surface area contributed by atoms with Crippen LogP contribution in [0.3, 0.4) is 0 Å². The highest BCUT2D eigenvalue weighted by molar-refractivity contribution is 5.80. The highest BCUT2D eigenvalue weighted by Gasteiger charge is 2.47. The first kappa shape index (κ1) is 80.4. The molecule has 11 nitrogen and oxygen atoms in total. The molecule has 1 rings (SSSR count). The third-order valence-electron chi connectivity index (χ3n) is 16.9. The average molecular weight is 1200 g/mol. The number of hydrogen-bond donors (Lipinski definition) is 6. The first-order valence-corrected chi connectivity index (χ1v) is 36.1. The van der Waals surface area contributed by atoms with Crippen molar-refractivity contribution in [3.63, 3.8) is 0 Å². The SMILES string of the molecule is CCCCC/C=C\C/C=C\C/C=C\C/C=C\CCCCC(O)C(=O)NC(COC1OC(CO)C(O)C(O)C1OC(=O)CCCCCCCCCCCCCCCCCCCCCCCCCCC)C(O)/C=C/CCCCCCCCCCCCC. The second-order valence-electron chi connectivity index (χ2n) is 25.0. The molecule has 1 aliphatic rings. The number of ether oxygens (including phenoxy) is 3. The molecule has 8 atom stereocenters. The second kappa shape index (κ2) is 61.6. The van der Waals surface area contributed by atoms with Gasteiger partial charge in [0.2, 0.25) is 5.91 Å². The van der Waals surface area contributed by atoms with Crippen molar-refractivity contribution in [2.24, 2.45) is 0 Å². The average Bonchev–Trinajstić information content (AvgIpc) is 3.21. The van der Waals surface area contributed by atoms with Crippen LogP contribution in [0.2, 0.25) is 0 Å². The van der Waals surface area contributed by atoms with Crippen molar-refractivity contribution in [2.45, 2.75) is 384 Å². The van der Waals surface area contributed by atoms with E-state index in [0.29, 0.717) is 12.8 Å². The van der Waals surface area contributed by atoms with E-state index in [9.17, 15) is 35.1 Å². The van der Waals surface area contributed by atoms with Crippen LogP contribution in [0.1, 0.15) is 335 Å². The van der Waals surface area contributed by atoms with E-state index >= 15 is 0 Å². The Labute approximate surface area is 522 Å². The lowest BCUT2D eigenvalue weighted by Crippen LogP contribution is -2.61. The number of nitrogens with one attached hydrogen (secondary N) is 1. The van der Waals surface area contributed by atoms with Gasteiger partial charge in [-0.15, -0.1) is 0 Å². The Kier molecular flexibility index (Phi) is 58.2. The Morgan fingerprint density at radius 3 is 1.24 bits per heavy atom. The van der Waals surface area contributed by atoms with E-state index in [2.05, 4.69) is 74.7 Å². The molecule has 0 aromatic carbocycles. The summed E-state index contributed by atoms with van der Waals surface area (Å²) in [6.07, 6.45) is 68.4. The molecule has 1 saturated heterocycles. The van der Waals surface area contributed by atoms with Gasteiger partial charge in [-0.25, -0.2) is 0 Å². The van der Waals surface area contributed by atoms with Crippen LogP contribution in [0.15, 0.2) is 60.8 Å². The second-order valence-corrected chi connectivity index (χ2v) is 25.0. The van der Waals surface area contributed by atoms with Gasteiger partial charge in [0, 0.05) is 6.42 Å². The van der Waals surface area contributed by atoms with Gasteiger partial charge in [0.25, 0.3) is 0 Å². The van der Waals surface area contributed by atoms with Crippen molar-refractivity contribution in [1.82, 2.24) is 5.32 Å². The molecule has 1 heterocycles. The van der Waals surface area contributed by atoms with Gasteiger partial charge in [0.1, 0.15) is 24.4 Å². The minimum absolute atomic E-state index is 0.123. The van der Waals surface area contributed by atoms with Gasteiger partial charge in [-0.3, -0.25) is 9.59 Å². The largest absolute Gasteiger partial charge is 0.454 e. The molecule has 0 radical (unpaired) electrons. The molecule has 0 aliphatic carbocycles. The van der Waals surface area contributed by atoms with Crippen LogP contribution >= 0.6 is 0 Å². The number of esters is 1. The smallest absolute Gasteiger partial charge is 0.306 e. The van der Waals surface area contributed by atoms with E-state index in [0.717, 1.165) is 77.0 Å². The maximum Gasteiger partial charge on any atom is 0.306 e. The number of allylic oxidation sites excluding steroid dienone is 9. The van der Waals surface area contributed by atoms with Gasteiger partial charge < -0.3 is 45.1 Å². The number of rotatable bonds is 62. The normalized spacial score (nSPS) is 18.7. The number of carbonyl (C=O) groups excluding carboxylic acids is 2. The van der Waals surface area contributed by atoms with Crippen molar-refractivity contribution in [3.05, 3.63) is 60.8 Å². The molecular formula is C74H135NO10. The Hall–Kier alpha value is -2.64. The van der Waals surface area contributed by atoms with Crippen LogP contribution in [0.25, 0.3) is 0 Å². The monoisotopic (exact) mass is 1200 g/mol. The van der Waals surface area contributed by atoms with Crippen LogP contribution < -0.4 is 5.32 Å². The zero-order chi connectivity index (χ0) is 61.7. The zero-order valence-corrected chi connectivity index (χ0v) is 55.2. The summed E-state index contributed by atoms with van der Waals surface area (Å²) in [6.45, 7) is 5.79. The van der Waals surface area contributed by atoms with E-state index in [-0.39, 0.29) is 19.4 Å². The molecule has 0 aromatic heterocycles. The van der Waals surface area contributed by atoms with Crippen LogP contribution in [0.4, 0.5) is 0 Å². The predicted molar refractivity (Wildman–Crippen MR) is 356 cm³/mol. The Bertz CT molecular complexity index is 1620. The van der Waals surface area contributed by atoms with Gasteiger partial charge in [0.05, 0.1) is 25.4 Å². The van der Waals surface area contributed by atoms with Crippen molar-refractivity contribution in [1.29, 1.82) is 0 Å². The number of aliphatic hydroxyl groups is 5. The van der Waals surface area contributed by atoms with Gasteiger partial charge in [-0.05, 0) is 70.6 Å². The number of amides is 1. The molecular weight excluding hydrogens is 1060 g/mol. The fourth-order valence-corrected chi connectivity index (χ4v) is 11.2. The molecule has 496 valence electrons. The first-order valence-electron chi connectivity index (χ1n) is 36.1. The molecule has 0 aromatic rings. The Morgan fingerprint density at radius 2 is 0.812 bits per heavy atom. The fraction of sp³-hybridized carbons (Fsp3) is 0.838. The molecule has 0 bridgehead atoms. The lowest BCUT2D eigenvalue weighted by molar-refractivity contribution is -0.305. The van der Waals surface area contributed by atoms with Crippen molar-refractivity contribution in [3.8, 4) is 0 Å². The molecule has 0 saturated carbocycles. The quantitative estimate of drug-likeness (QED) is 0.0195. The summed E-state index contributed by atoms with van der Waals surface area (Å²) in [5, 5.41) is 57.2. The molecule has 8 unspecified atom stereocenters. The van der Waals surface area contributed by atoms with Crippen molar-refractivity contribution >= 4 is 11.9 Å². The molecule has 1 fully saturated rings. The number of hydrogen-bond acceptors (Lipinski definition) is 10. The molecule has 11 heteroatoms. The third kappa shape index (κ3) is 48.9. The highest BCUT2D eigenvalue weighted by atomic mass is 16.7. The fourth-order valence-electron chi connectivity index (χ4n) is 11.2. The van der Waals surface area contributed by atoms with Gasteiger partial charge in [-0.2, -0.15) is 0 Å². The van der Waals surface area contributed by atoms with Crippen LogP contribution in [-0.2, 0) is 23.8 Å². The third-order valence-corrected chi connectivity index (χ3v) is 16.9. The van der Waals surface area contributed by atoms with E-state index in [1.165, 1.54) is 212 Å².